The maximum Gasteiger partial charge on any atom is 0.508 e. The van der Waals surface area contributed by atoms with Gasteiger partial charge in [-0.25, -0.2) is 4.79 Å². The third kappa shape index (κ3) is 15.8. The second-order valence-corrected chi connectivity index (χ2v) is 7.81. The van der Waals surface area contributed by atoms with Crippen molar-refractivity contribution in [2.45, 2.75) is 64.5 Å². The van der Waals surface area contributed by atoms with Crippen LogP contribution in [0.25, 0.3) is 0 Å². The summed E-state index contributed by atoms with van der Waals surface area (Å²) < 4.78 is 32.0. The van der Waals surface area contributed by atoms with Gasteiger partial charge < -0.3 is 28.4 Å². The van der Waals surface area contributed by atoms with Gasteiger partial charge in [-0.2, -0.15) is 0 Å². The molecule has 0 amide bonds. The summed E-state index contributed by atoms with van der Waals surface area (Å²) >= 11 is 0. The standard InChI is InChI=1S/C17H34O7Si2/c1-5-19-16(20-6-2)25-13-9-11-23-15(18)24-12-10-14-26-17(21-7-3)22-8-4/h16-17H,5-14H2,1-4H3. The van der Waals surface area contributed by atoms with Gasteiger partial charge in [0, 0.05) is 26.4 Å². The third-order valence-corrected chi connectivity index (χ3v) is 5.59. The summed E-state index contributed by atoms with van der Waals surface area (Å²) in [6.45, 7) is 11.0. The minimum absolute atomic E-state index is 0.144. The molecular formula is C17H34O7Si2. The molecule has 0 rings (SSSR count). The second-order valence-electron chi connectivity index (χ2n) is 5.05. The molecule has 0 aromatic rings. The summed E-state index contributed by atoms with van der Waals surface area (Å²) in [5, 5.41) is 0. The zero-order chi connectivity index (χ0) is 19.5. The SMILES string of the molecule is CCOC(OCC)[Si]CCCOC(=O)OCCC[Si]C(OCC)OCC. The van der Waals surface area contributed by atoms with Gasteiger partial charge in [-0.05, 0) is 40.5 Å². The molecule has 0 saturated heterocycles. The Morgan fingerprint density at radius 2 is 1.04 bits per heavy atom. The predicted molar refractivity (Wildman–Crippen MR) is 102 cm³/mol. The lowest BCUT2D eigenvalue weighted by atomic mass is 10.5. The molecule has 0 unspecified atom stereocenters. The summed E-state index contributed by atoms with van der Waals surface area (Å²) in [6, 6.07) is 1.80. The van der Waals surface area contributed by atoms with E-state index in [4.69, 9.17) is 28.4 Å². The van der Waals surface area contributed by atoms with Crippen LogP contribution < -0.4 is 0 Å². The van der Waals surface area contributed by atoms with Crippen molar-refractivity contribution in [1.82, 2.24) is 0 Å². The first-order chi connectivity index (χ1) is 12.7. The van der Waals surface area contributed by atoms with Crippen LogP contribution in [0.3, 0.4) is 0 Å². The molecule has 0 aliphatic heterocycles. The lowest BCUT2D eigenvalue weighted by Gasteiger charge is -2.16. The smallest absolute Gasteiger partial charge is 0.434 e. The van der Waals surface area contributed by atoms with Crippen LogP contribution in [-0.4, -0.2) is 76.7 Å². The second kappa shape index (κ2) is 19.3. The van der Waals surface area contributed by atoms with Crippen molar-refractivity contribution in [3.8, 4) is 0 Å². The fraction of sp³-hybridized carbons (Fsp3) is 0.941. The van der Waals surface area contributed by atoms with Gasteiger partial charge >= 0.3 is 6.16 Å². The molecule has 152 valence electrons. The van der Waals surface area contributed by atoms with Crippen molar-refractivity contribution in [2.24, 2.45) is 0 Å². The van der Waals surface area contributed by atoms with E-state index in [0.29, 0.717) is 58.7 Å². The Morgan fingerprint density at radius 3 is 1.35 bits per heavy atom. The fourth-order valence-corrected chi connectivity index (χ4v) is 4.18. The highest BCUT2D eigenvalue weighted by molar-refractivity contribution is 6.36. The molecule has 26 heavy (non-hydrogen) atoms. The van der Waals surface area contributed by atoms with E-state index in [2.05, 4.69) is 0 Å². The van der Waals surface area contributed by atoms with Crippen molar-refractivity contribution >= 4 is 25.2 Å². The molecule has 0 saturated carbocycles. The average molecular weight is 407 g/mol. The normalized spacial score (nSPS) is 11.3. The lowest BCUT2D eigenvalue weighted by Crippen LogP contribution is -2.25. The number of carbonyl (C=O) groups is 1. The largest absolute Gasteiger partial charge is 0.508 e. The van der Waals surface area contributed by atoms with Crippen LogP contribution in [0.1, 0.15) is 40.5 Å². The molecule has 0 N–H and O–H groups in total. The van der Waals surface area contributed by atoms with Crippen LogP contribution >= 0.6 is 0 Å². The molecule has 0 aliphatic rings. The molecule has 0 aliphatic carbocycles. The van der Waals surface area contributed by atoms with Crippen LogP contribution in [0.4, 0.5) is 4.79 Å². The van der Waals surface area contributed by atoms with Gasteiger partial charge in [-0.3, -0.25) is 0 Å². The summed E-state index contributed by atoms with van der Waals surface area (Å²) in [7, 11) is 1.08. The molecule has 0 bridgehead atoms. The molecule has 0 heterocycles. The molecule has 0 fully saturated rings. The molecule has 7 nitrogen and oxygen atoms in total. The van der Waals surface area contributed by atoms with E-state index in [0.717, 1.165) is 24.9 Å². The van der Waals surface area contributed by atoms with Gasteiger partial charge in [-0.15, -0.1) is 0 Å². The van der Waals surface area contributed by atoms with E-state index < -0.39 is 6.16 Å². The van der Waals surface area contributed by atoms with E-state index in [1.807, 2.05) is 27.7 Å². The van der Waals surface area contributed by atoms with Crippen LogP contribution in [0.2, 0.25) is 12.1 Å². The van der Waals surface area contributed by atoms with Gasteiger partial charge in [0.1, 0.15) is 30.9 Å². The van der Waals surface area contributed by atoms with E-state index in [-0.39, 0.29) is 11.8 Å². The summed E-state index contributed by atoms with van der Waals surface area (Å²) in [5.41, 5.74) is 0. The highest BCUT2D eigenvalue weighted by Gasteiger charge is 2.11. The minimum Gasteiger partial charge on any atom is -0.434 e. The monoisotopic (exact) mass is 406 g/mol. The number of ether oxygens (including phenoxy) is 6. The summed E-state index contributed by atoms with van der Waals surface area (Å²) in [4.78, 5) is 11.5. The Morgan fingerprint density at radius 1 is 0.692 bits per heavy atom. The van der Waals surface area contributed by atoms with Gasteiger partial charge in [0.2, 0.25) is 0 Å². The highest BCUT2D eigenvalue weighted by Crippen LogP contribution is 2.02. The number of hydrogen-bond acceptors (Lipinski definition) is 7. The van der Waals surface area contributed by atoms with Gasteiger partial charge in [0.25, 0.3) is 0 Å². The first-order valence-corrected chi connectivity index (χ1v) is 12.0. The Hall–Kier alpha value is -0.456. The molecule has 9 heteroatoms. The van der Waals surface area contributed by atoms with Crippen molar-refractivity contribution < 1.29 is 33.2 Å². The maximum absolute atomic E-state index is 11.5. The Kier molecular flexibility index (Phi) is 19.0. The molecule has 0 atom stereocenters. The van der Waals surface area contributed by atoms with Crippen molar-refractivity contribution in [3.63, 3.8) is 0 Å². The Bertz CT molecular complexity index is 281. The number of hydrogen-bond donors (Lipinski definition) is 0. The minimum atomic E-state index is -0.603. The molecule has 0 aromatic heterocycles. The van der Waals surface area contributed by atoms with E-state index in [1.165, 1.54) is 0 Å². The fourth-order valence-electron chi connectivity index (χ4n) is 1.87. The van der Waals surface area contributed by atoms with Crippen LogP contribution in [0, 0.1) is 0 Å². The van der Waals surface area contributed by atoms with Gasteiger partial charge in [-0.1, -0.05) is 12.1 Å². The van der Waals surface area contributed by atoms with Crippen molar-refractivity contribution in [1.29, 1.82) is 0 Å². The van der Waals surface area contributed by atoms with Gasteiger partial charge in [0.05, 0.1) is 13.2 Å². The van der Waals surface area contributed by atoms with Crippen LogP contribution in [0.5, 0.6) is 0 Å². The summed E-state index contributed by atoms with van der Waals surface area (Å²) in [6.07, 6.45) is 0.945. The summed E-state index contributed by atoms with van der Waals surface area (Å²) in [5.74, 6) is -0.287. The molecular weight excluding hydrogens is 372 g/mol. The third-order valence-electron chi connectivity index (χ3n) is 2.98. The topological polar surface area (TPSA) is 72.5 Å². The Balaban J connectivity index is 3.56. The Labute approximate surface area is 163 Å². The highest BCUT2D eigenvalue weighted by atomic mass is 28.2. The molecule has 0 aromatic carbocycles. The number of rotatable bonds is 18. The van der Waals surface area contributed by atoms with E-state index in [9.17, 15) is 4.79 Å². The van der Waals surface area contributed by atoms with Crippen LogP contribution in [-0.2, 0) is 28.4 Å². The van der Waals surface area contributed by atoms with Crippen molar-refractivity contribution in [3.05, 3.63) is 0 Å². The first-order valence-electron chi connectivity index (χ1n) is 9.40. The predicted octanol–water partition coefficient (Wildman–Crippen LogP) is 2.88. The van der Waals surface area contributed by atoms with E-state index >= 15 is 0 Å². The van der Waals surface area contributed by atoms with E-state index in [1.54, 1.807) is 0 Å². The zero-order valence-corrected chi connectivity index (χ0v) is 18.6. The zero-order valence-electron chi connectivity index (χ0n) is 16.6. The lowest BCUT2D eigenvalue weighted by molar-refractivity contribution is -0.0830. The van der Waals surface area contributed by atoms with Gasteiger partial charge in [0.15, 0.2) is 0 Å². The maximum atomic E-state index is 11.5. The number of carbonyl (C=O) groups excluding carboxylic acids is 1. The quantitative estimate of drug-likeness (QED) is 0.150. The average Bonchev–Trinajstić information content (AvgIpc) is 2.61. The van der Waals surface area contributed by atoms with Crippen LogP contribution in [0.15, 0.2) is 0 Å². The molecule has 0 spiro atoms. The first kappa shape index (κ1) is 25.5. The molecule has 4 radical (unpaired) electrons. The van der Waals surface area contributed by atoms with Crippen molar-refractivity contribution in [2.75, 3.05) is 39.6 Å².